The molecule has 4 rings (SSSR count). The number of ketones is 1. The first-order valence-electron chi connectivity index (χ1n) is 15.7. The van der Waals surface area contributed by atoms with Gasteiger partial charge in [0, 0.05) is 11.5 Å². The molecule has 0 aliphatic heterocycles. The number of carbonyl (C=O) groups excluding carboxylic acids is 2. The summed E-state index contributed by atoms with van der Waals surface area (Å²) in [5.41, 5.74) is 0.475. The summed E-state index contributed by atoms with van der Waals surface area (Å²) in [7, 11) is 0. The second-order valence-corrected chi connectivity index (χ2v) is 15.9. The zero-order chi connectivity index (χ0) is 31.5. The number of alkyl halides is 3. The normalized spacial score (nSPS) is 35.8. The maximum Gasteiger partial charge on any atom is 0.405 e. The van der Waals surface area contributed by atoms with Crippen molar-refractivity contribution in [1.29, 1.82) is 0 Å². The number of rotatable bonds is 7. The molecule has 1 heterocycles. The Balaban J connectivity index is 1.68. The summed E-state index contributed by atoms with van der Waals surface area (Å²) >= 11 is 0. The van der Waals surface area contributed by atoms with Gasteiger partial charge in [-0.2, -0.15) is 13.2 Å². The Bertz CT molecular complexity index is 1230. The number of hydrogen-bond acceptors (Lipinski definition) is 4. The van der Waals surface area contributed by atoms with Crippen molar-refractivity contribution in [1.82, 2.24) is 10.5 Å². The number of nitrogens with zero attached hydrogens (tertiary/aromatic N) is 1. The molecule has 5 nitrogen and oxygen atoms in total. The van der Waals surface area contributed by atoms with Crippen LogP contribution >= 0.6 is 0 Å². The Kier molecular flexibility index (Phi) is 8.43. The van der Waals surface area contributed by atoms with Gasteiger partial charge in [0.25, 0.3) is 0 Å². The molecule has 1 aromatic heterocycles. The minimum Gasteiger partial charge on any atom is -0.361 e. The molecule has 1 amide bonds. The minimum atomic E-state index is -4.46. The third-order valence-electron chi connectivity index (χ3n) is 12.2. The van der Waals surface area contributed by atoms with Crippen LogP contribution in [0.1, 0.15) is 125 Å². The summed E-state index contributed by atoms with van der Waals surface area (Å²) in [5, 5.41) is 6.37. The van der Waals surface area contributed by atoms with E-state index in [2.05, 4.69) is 58.9 Å². The number of aromatic nitrogens is 1. The van der Waals surface area contributed by atoms with Gasteiger partial charge in [0.1, 0.15) is 12.3 Å². The van der Waals surface area contributed by atoms with E-state index in [1.54, 1.807) is 6.92 Å². The Morgan fingerprint density at radius 2 is 1.79 bits per heavy atom. The molecule has 3 aliphatic carbocycles. The number of allylic oxidation sites excluding steroid dienone is 2. The number of carbonyl (C=O) groups is 2. The third kappa shape index (κ3) is 5.72. The Hall–Kier alpha value is -2.12. The monoisotopic (exact) mass is 592 g/mol. The van der Waals surface area contributed by atoms with Crippen LogP contribution in [0.2, 0.25) is 0 Å². The average Bonchev–Trinajstić information content (AvgIpc) is 3.32. The fourth-order valence-electron chi connectivity index (χ4n) is 9.27. The van der Waals surface area contributed by atoms with Gasteiger partial charge in [-0.1, -0.05) is 66.1 Å². The molecule has 2 saturated carbocycles. The second-order valence-electron chi connectivity index (χ2n) is 15.9. The molecule has 1 unspecified atom stereocenters. The molecule has 1 aromatic rings. The largest absolute Gasteiger partial charge is 0.405 e. The lowest BCUT2D eigenvalue weighted by Gasteiger charge is -2.60. The Morgan fingerprint density at radius 3 is 2.38 bits per heavy atom. The van der Waals surface area contributed by atoms with Gasteiger partial charge < -0.3 is 9.84 Å². The van der Waals surface area contributed by atoms with Crippen LogP contribution in [0.15, 0.2) is 22.4 Å². The van der Waals surface area contributed by atoms with Crippen molar-refractivity contribution in [2.24, 2.45) is 38.9 Å². The molecule has 0 bridgehead atoms. The maximum atomic E-state index is 13.7. The summed E-state index contributed by atoms with van der Waals surface area (Å²) in [5.74, 6) is 0.918. The zero-order valence-corrected chi connectivity index (χ0v) is 27.1. The first-order chi connectivity index (χ1) is 19.2. The highest BCUT2D eigenvalue weighted by molar-refractivity contribution is 5.88. The minimum absolute atomic E-state index is 0.0174. The lowest BCUT2D eigenvalue weighted by Crippen LogP contribution is -2.54. The number of hydrogen-bond donors (Lipinski definition) is 1. The molecule has 236 valence electrons. The van der Waals surface area contributed by atoms with Crippen LogP contribution < -0.4 is 5.32 Å². The molecule has 1 N–H and O–H groups in total. The highest BCUT2D eigenvalue weighted by Gasteiger charge is 2.59. The fraction of sp³-hybridized carbons (Fsp3) is 0.794. The molecule has 2 fully saturated rings. The van der Waals surface area contributed by atoms with E-state index in [0.717, 1.165) is 49.0 Å². The molecule has 0 spiro atoms. The standard InChI is InChI=1S/C34H51F3N2O3/c1-21-17-29(4,5)12-14-33(21,28(41)38-20-34(35,36)37)15-13-30(6,7)32(9)11-10-25-23(3)27-24(19-39-42-27)18-31(25,8)26(32)16-22(2)40/h16,19,21,23,25H,10-15,17-18,20H2,1-9H3,(H,38,41)/b26-16-/t21?,23-,25-,31-,32+,33-/m0/s1. The fourth-order valence-corrected chi connectivity index (χ4v) is 9.27. The Morgan fingerprint density at radius 1 is 1.12 bits per heavy atom. The van der Waals surface area contributed by atoms with Crippen molar-refractivity contribution >= 4 is 11.7 Å². The van der Waals surface area contributed by atoms with Crippen molar-refractivity contribution in [3.63, 3.8) is 0 Å². The van der Waals surface area contributed by atoms with Crippen LogP contribution in [0, 0.1) is 38.9 Å². The number of nitrogens with one attached hydrogen (secondary N) is 1. The van der Waals surface area contributed by atoms with E-state index in [1.807, 2.05) is 19.2 Å². The van der Waals surface area contributed by atoms with Crippen molar-refractivity contribution < 1.29 is 27.3 Å². The molecule has 3 aliphatic rings. The topological polar surface area (TPSA) is 72.2 Å². The van der Waals surface area contributed by atoms with E-state index < -0.39 is 24.0 Å². The summed E-state index contributed by atoms with van der Waals surface area (Å²) in [4.78, 5) is 26.4. The van der Waals surface area contributed by atoms with Crippen molar-refractivity contribution in [3.8, 4) is 0 Å². The van der Waals surface area contributed by atoms with Crippen LogP contribution in [0.25, 0.3) is 0 Å². The maximum absolute atomic E-state index is 13.7. The molecule has 6 atom stereocenters. The van der Waals surface area contributed by atoms with Gasteiger partial charge >= 0.3 is 6.18 Å². The van der Waals surface area contributed by atoms with Crippen LogP contribution in [-0.4, -0.2) is 29.6 Å². The van der Waals surface area contributed by atoms with Crippen LogP contribution in [0.5, 0.6) is 0 Å². The third-order valence-corrected chi connectivity index (χ3v) is 12.2. The molecular weight excluding hydrogens is 541 g/mol. The van der Waals surface area contributed by atoms with Gasteiger partial charge in [-0.3, -0.25) is 9.59 Å². The predicted octanol–water partition coefficient (Wildman–Crippen LogP) is 8.59. The van der Waals surface area contributed by atoms with Crippen LogP contribution in [0.4, 0.5) is 13.2 Å². The summed E-state index contributed by atoms with van der Waals surface area (Å²) in [6, 6.07) is 0. The predicted molar refractivity (Wildman–Crippen MR) is 158 cm³/mol. The van der Waals surface area contributed by atoms with Gasteiger partial charge in [-0.25, -0.2) is 0 Å². The summed E-state index contributed by atoms with van der Waals surface area (Å²) < 4.78 is 45.1. The van der Waals surface area contributed by atoms with E-state index in [0.29, 0.717) is 25.2 Å². The van der Waals surface area contributed by atoms with Gasteiger partial charge in [-0.15, -0.1) is 0 Å². The molecule has 0 saturated heterocycles. The molecule has 42 heavy (non-hydrogen) atoms. The molecule has 0 radical (unpaired) electrons. The van der Waals surface area contributed by atoms with Gasteiger partial charge in [0.15, 0.2) is 5.78 Å². The van der Waals surface area contributed by atoms with Crippen molar-refractivity contribution in [2.45, 2.75) is 126 Å². The van der Waals surface area contributed by atoms with Crippen molar-refractivity contribution in [2.75, 3.05) is 6.54 Å². The van der Waals surface area contributed by atoms with E-state index in [4.69, 9.17) is 4.52 Å². The average molecular weight is 593 g/mol. The molecule has 0 aromatic carbocycles. The lowest BCUT2D eigenvalue weighted by molar-refractivity contribution is -0.151. The van der Waals surface area contributed by atoms with E-state index in [9.17, 15) is 22.8 Å². The second kappa shape index (κ2) is 10.8. The van der Waals surface area contributed by atoms with Gasteiger partial charge in [0.2, 0.25) is 5.91 Å². The Labute approximate surface area is 249 Å². The quantitative estimate of drug-likeness (QED) is 0.322. The molecule has 8 heteroatoms. The number of fused-ring (bicyclic) bond motifs is 2. The molecular formula is C34H51F3N2O3. The zero-order valence-electron chi connectivity index (χ0n) is 27.1. The van der Waals surface area contributed by atoms with Crippen molar-refractivity contribution in [3.05, 3.63) is 29.2 Å². The van der Waals surface area contributed by atoms with E-state index >= 15 is 0 Å². The summed E-state index contributed by atoms with van der Waals surface area (Å²) in [6.45, 7) is 17.9. The smallest absolute Gasteiger partial charge is 0.361 e. The number of halogens is 3. The van der Waals surface area contributed by atoms with Crippen LogP contribution in [0.3, 0.4) is 0 Å². The van der Waals surface area contributed by atoms with Crippen LogP contribution in [-0.2, 0) is 16.0 Å². The lowest BCUT2D eigenvalue weighted by atomic mass is 9.43. The van der Waals surface area contributed by atoms with Gasteiger partial charge in [0.05, 0.1) is 11.6 Å². The summed E-state index contributed by atoms with van der Waals surface area (Å²) in [6.07, 6.45) is 5.14. The number of amides is 1. The van der Waals surface area contributed by atoms with E-state index in [1.165, 1.54) is 0 Å². The van der Waals surface area contributed by atoms with Gasteiger partial charge in [-0.05, 0) is 97.9 Å². The first kappa shape index (κ1) is 32.8. The van der Waals surface area contributed by atoms with E-state index in [-0.39, 0.29) is 39.3 Å². The first-order valence-corrected chi connectivity index (χ1v) is 15.7. The highest BCUT2D eigenvalue weighted by Crippen LogP contribution is 2.67. The SMILES string of the molecule is CC(=O)/C=C1/[C@@]2(C)Cc3cnoc3[C@@H](C)[C@@H]2CC[C@@]1(C)C(C)(C)CC[C@@]1(C(=O)NCC(F)(F)F)CCC(C)(C)CC1C. The highest BCUT2D eigenvalue weighted by atomic mass is 19.4.